The number of carbonyl (C=O) groups excluding carboxylic acids is 2. The van der Waals surface area contributed by atoms with E-state index in [2.05, 4.69) is 5.32 Å². The molecule has 36 heavy (non-hydrogen) atoms. The molecular formula is C28H39N3O4S. The summed E-state index contributed by atoms with van der Waals surface area (Å²) in [4.78, 5) is 28.7. The van der Waals surface area contributed by atoms with E-state index in [1.165, 1.54) is 13.5 Å². The second-order valence-corrected chi connectivity index (χ2v) is 11.8. The Kier molecular flexibility index (Phi) is 9.68. The van der Waals surface area contributed by atoms with Crippen LogP contribution in [0.2, 0.25) is 0 Å². The molecule has 0 aliphatic heterocycles. The first-order chi connectivity index (χ1) is 17.1. The van der Waals surface area contributed by atoms with Gasteiger partial charge in [0, 0.05) is 19.6 Å². The largest absolute Gasteiger partial charge is 0.352 e. The number of nitrogens with zero attached hydrogens (tertiary/aromatic N) is 2. The van der Waals surface area contributed by atoms with Gasteiger partial charge in [-0.2, -0.15) is 4.31 Å². The van der Waals surface area contributed by atoms with E-state index in [4.69, 9.17) is 0 Å². The van der Waals surface area contributed by atoms with Crippen molar-refractivity contribution in [3.8, 4) is 0 Å². The van der Waals surface area contributed by atoms with E-state index in [1.54, 1.807) is 29.2 Å². The van der Waals surface area contributed by atoms with Gasteiger partial charge in [0.1, 0.15) is 6.04 Å². The van der Waals surface area contributed by atoms with Crippen LogP contribution in [0.3, 0.4) is 0 Å². The predicted octanol–water partition coefficient (Wildman–Crippen LogP) is 4.18. The molecule has 0 radical (unpaired) electrons. The van der Waals surface area contributed by atoms with Crippen LogP contribution in [0, 0.1) is 13.8 Å². The monoisotopic (exact) mass is 513 g/mol. The van der Waals surface area contributed by atoms with Gasteiger partial charge < -0.3 is 10.2 Å². The molecule has 2 aromatic rings. The second-order valence-electron chi connectivity index (χ2n) is 9.79. The van der Waals surface area contributed by atoms with Crippen molar-refractivity contribution in [1.29, 1.82) is 0 Å². The van der Waals surface area contributed by atoms with Crippen LogP contribution in [0.25, 0.3) is 0 Å². The summed E-state index contributed by atoms with van der Waals surface area (Å²) in [6, 6.07) is 13.7. The van der Waals surface area contributed by atoms with Gasteiger partial charge in [0.05, 0.1) is 11.4 Å². The van der Waals surface area contributed by atoms with Crippen molar-refractivity contribution in [3.05, 3.63) is 65.2 Å². The Morgan fingerprint density at radius 2 is 1.64 bits per heavy atom. The van der Waals surface area contributed by atoms with Crippen LogP contribution in [0.1, 0.15) is 62.1 Å². The number of rotatable bonds is 10. The minimum absolute atomic E-state index is 0.125. The van der Waals surface area contributed by atoms with Crippen molar-refractivity contribution >= 4 is 21.8 Å². The molecule has 1 N–H and O–H groups in total. The maximum Gasteiger partial charge on any atom is 0.243 e. The highest BCUT2D eigenvalue weighted by Gasteiger charge is 2.33. The lowest BCUT2D eigenvalue weighted by Crippen LogP contribution is -2.53. The number of hydrogen-bond donors (Lipinski definition) is 1. The number of hydrogen-bond acceptors (Lipinski definition) is 4. The first-order valence-electron chi connectivity index (χ1n) is 12.8. The van der Waals surface area contributed by atoms with Gasteiger partial charge in [-0.1, -0.05) is 68.1 Å². The van der Waals surface area contributed by atoms with Crippen molar-refractivity contribution < 1.29 is 18.0 Å². The zero-order valence-corrected chi connectivity index (χ0v) is 22.7. The molecule has 8 heteroatoms. The fourth-order valence-electron chi connectivity index (χ4n) is 4.69. The summed E-state index contributed by atoms with van der Waals surface area (Å²) < 4.78 is 27.3. The fourth-order valence-corrected chi connectivity index (χ4v) is 5.81. The predicted molar refractivity (Wildman–Crippen MR) is 142 cm³/mol. The normalized spacial score (nSPS) is 15.5. The number of likely N-dealkylation sites (N-methyl/N-ethyl adjacent to an activating group) is 1. The van der Waals surface area contributed by atoms with Crippen molar-refractivity contribution in [2.75, 3.05) is 13.6 Å². The van der Waals surface area contributed by atoms with E-state index >= 15 is 0 Å². The van der Waals surface area contributed by atoms with Gasteiger partial charge in [-0.05, 0) is 56.4 Å². The van der Waals surface area contributed by atoms with Gasteiger partial charge in [0.25, 0.3) is 0 Å². The van der Waals surface area contributed by atoms with Crippen LogP contribution in [0.4, 0.5) is 0 Å². The molecule has 0 unspecified atom stereocenters. The quantitative estimate of drug-likeness (QED) is 0.516. The van der Waals surface area contributed by atoms with Gasteiger partial charge in [-0.15, -0.1) is 0 Å². The van der Waals surface area contributed by atoms with E-state index in [9.17, 15) is 18.0 Å². The molecule has 1 aliphatic carbocycles. The van der Waals surface area contributed by atoms with E-state index < -0.39 is 22.0 Å². The SMILES string of the molecule is CC[C@H](C(=O)NC1CCCCC1)N(Cc1ccccc1C)C(=O)CN(C)S(=O)(=O)c1ccc(C)cc1. The van der Waals surface area contributed by atoms with Gasteiger partial charge in [0.2, 0.25) is 21.8 Å². The molecule has 0 spiro atoms. The fraction of sp³-hybridized carbons (Fsp3) is 0.500. The molecule has 0 aromatic heterocycles. The summed E-state index contributed by atoms with van der Waals surface area (Å²) in [5, 5.41) is 3.16. The number of nitrogens with one attached hydrogen (secondary N) is 1. The third-order valence-corrected chi connectivity index (χ3v) is 8.84. The number of carbonyl (C=O) groups is 2. The molecular weight excluding hydrogens is 474 g/mol. The molecule has 7 nitrogen and oxygen atoms in total. The molecule has 2 amide bonds. The summed E-state index contributed by atoms with van der Waals surface area (Å²) in [7, 11) is -2.45. The lowest BCUT2D eigenvalue weighted by atomic mass is 9.95. The maximum atomic E-state index is 13.6. The maximum absolute atomic E-state index is 13.6. The molecule has 3 rings (SSSR count). The highest BCUT2D eigenvalue weighted by atomic mass is 32.2. The van der Waals surface area contributed by atoms with Crippen LogP contribution in [-0.4, -0.2) is 55.1 Å². The zero-order chi connectivity index (χ0) is 26.3. The summed E-state index contributed by atoms with van der Waals surface area (Å²) in [6.07, 6.45) is 5.70. The summed E-state index contributed by atoms with van der Waals surface area (Å²) in [5.41, 5.74) is 2.89. The molecule has 1 saturated carbocycles. The summed E-state index contributed by atoms with van der Waals surface area (Å²) in [5.74, 6) is -0.572. The van der Waals surface area contributed by atoms with E-state index in [-0.39, 0.29) is 29.9 Å². The number of aryl methyl sites for hydroxylation is 2. The number of amides is 2. The minimum Gasteiger partial charge on any atom is -0.352 e. The molecule has 1 aliphatic rings. The van der Waals surface area contributed by atoms with E-state index in [1.807, 2.05) is 45.0 Å². The van der Waals surface area contributed by atoms with Gasteiger partial charge in [-0.3, -0.25) is 9.59 Å². The van der Waals surface area contributed by atoms with E-state index in [0.717, 1.165) is 46.7 Å². The third kappa shape index (κ3) is 6.95. The van der Waals surface area contributed by atoms with E-state index in [0.29, 0.717) is 6.42 Å². The van der Waals surface area contributed by atoms with Gasteiger partial charge >= 0.3 is 0 Å². The molecule has 2 aromatic carbocycles. The first-order valence-corrected chi connectivity index (χ1v) is 14.2. The Balaban J connectivity index is 1.84. The highest BCUT2D eigenvalue weighted by Crippen LogP contribution is 2.21. The molecule has 0 bridgehead atoms. The topological polar surface area (TPSA) is 86.8 Å². The first kappa shape index (κ1) is 27.9. The molecule has 0 heterocycles. The van der Waals surface area contributed by atoms with Crippen molar-refractivity contribution in [2.24, 2.45) is 0 Å². The Morgan fingerprint density at radius 3 is 2.25 bits per heavy atom. The number of sulfonamides is 1. The smallest absolute Gasteiger partial charge is 0.243 e. The number of benzene rings is 2. The van der Waals surface area contributed by atoms with Crippen LogP contribution < -0.4 is 5.32 Å². The third-order valence-electron chi connectivity index (χ3n) is 7.03. The van der Waals surface area contributed by atoms with Crippen LogP contribution >= 0.6 is 0 Å². The van der Waals surface area contributed by atoms with Gasteiger partial charge in [-0.25, -0.2) is 8.42 Å². The Bertz CT molecular complexity index is 1140. The van der Waals surface area contributed by atoms with Gasteiger partial charge in [0.15, 0.2) is 0 Å². The molecule has 1 fully saturated rings. The second kappa shape index (κ2) is 12.5. The zero-order valence-electron chi connectivity index (χ0n) is 21.9. The average molecular weight is 514 g/mol. The molecule has 1 atom stereocenters. The van der Waals surface area contributed by atoms with Crippen molar-refractivity contribution in [1.82, 2.24) is 14.5 Å². The van der Waals surface area contributed by atoms with Crippen molar-refractivity contribution in [3.63, 3.8) is 0 Å². The minimum atomic E-state index is -3.86. The summed E-state index contributed by atoms with van der Waals surface area (Å²) in [6.45, 7) is 5.62. The Hall–Kier alpha value is -2.71. The Morgan fingerprint density at radius 1 is 1.00 bits per heavy atom. The van der Waals surface area contributed by atoms with Crippen LogP contribution in [-0.2, 0) is 26.2 Å². The summed E-state index contributed by atoms with van der Waals surface area (Å²) >= 11 is 0. The van der Waals surface area contributed by atoms with Crippen molar-refractivity contribution in [2.45, 2.75) is 82.8 Å². The average Bonchev–Trinajstić information content (AvgIpc) is 2.85. The molecule has 0 saturated heterocycles. The van der Waals surface area contributed by atoms with Crippen LogP contribution in [0.5, 0.6) is 0 Å². The molecule has 196 valence electrons. The lowest BCUT2D eigenvalue weighted by molar-refractivity contribution is -0.141. The standard InChI is InChI=1S/C28H39N3O4S/c1-5-26(28(33)29-24-13-7-6-8-14-24)31(19-23-12-10-9-11-22(23)3)27(32)20-30(4)36(34,35)25-17-15-21(2)16-18-25/h9-12,15-18,24,26H,5-8,13-14,19-20H2,1-4H3,(H,29,33)/t26-/m1/s1. The van der Waals surface area contributed by atoms with Crippen LogP contribution in [0.15, 0.2) is 53.4 Å². The highest BCUT2D eigenvalue weighted by molar-refractivity contribution is 7.89. The lowest BCUT2D eigenvalue weighted by Gasteiger charge is -2.34. The Labute approximate surface area is 215 Å².